The molecule has 1 aliphatic heterocycles. The second-order valence-electron chi connectivity index (χ2n) is 3.51. The first-order chi connectivity index (χ1) is 6.36. The molecule has 0 atom stereocenters. The molecular formula is C9H14N2OS. The van der Waals surface area contributed by atoms with E-state index in [2.05, 4.69) is 10.3 Å². The average Bonchev–Trinajstić information content (AvgIpc) is 2.74. The van der Waals surface area contributed by atoms with Gasteiger partial charge in [-0.05, 0) is 12.8 Å². The van der Waals surface area contributed by atoms with Crippen LogP contribution in [0.3, 0.4) is 0 Å². The zero-order valence-electron chi connectivity index (χ0n) is 7.58. The van der Waals surface area contributed by atoms with E-state index in [1.54, 1.807) is 11.8 Å². The summed E-state index contributed by atoms with van der Waals surface area (Å²) in [7, 11) is 0. The minimum Gasteiger partial charge on any atom is -0.305 e. The van der Waals surface area contributed by atoms with Gasteiger partial charge < -0.3 is 5.32 Å². The van der Waals surface area contributed by atoms with Crippen molar-refractivity contribution in [3.63, 3.8) is 0 Å². The number of aliphatic imine (C=N–C) groups is 1. The Labute approximate surface area is 82.4 Å². The Bertz CT molecular complexity index is 234. The molecule has 13 heavy (non-hydrogen) atoms. The van der Waals surface area contributed by atoms with Gasteiger partial charge in [-0.15, -0.1) is 0 Å². The van der Waals surface area contributed by atoms with E-state index in [0.29, 0.717) is 0 Å². The smallest absolute Gasteiger partial charge is 0.229 e. The lowest BCUT2D eigenvalue weighted by molar-refractivity contribution is -0.123. The van der Waals surface area contributed by atoms with Gasteiger partial charge in [0, 0.05) is 11.7 Å². The number of carbonyl (C=O) groups excluding carboxylic acids is 1. The van der Waals surface area contributed by atoms with Crippen LogP contribution in [-0.4, -0.2) is 23.4 Å². The number of amidine groups is 1. The molecule has 72 valence electrons. The van der Waals surface area contributed by atoms with Crippen molar-refractivity contribution in [3.05, 3.63) is 0 Å². The second kappa shape index (κ2) is 4.13. The second-order valence-corrected chi connectivity index (χ2v) is 4.59. The fraction of sp³-hybridized carbons (Fsp3) is 0.778. The van der Waals surface area contributed by atoms with E-state index in [-0.39, 0.29) is 11.8 Å². The Morgan fingerprint density at radius 2 is 2.23 bits per heavy atom. The molecule has 0 aromatic rings. The SMILES string of the molecule is O=C(NC1=NCCS1)C1CCCC1. The largest absolute Gasteiger partial charge is 0.305 e. The summed E-state index contributed by atoms with van der Waals surface area (Å²) < 4.78 is 0. The van der Waals surface area contributed by atoms with Crippen LogP contribution in [0.2, 0.25) is 0 Å². The summed E-state index contributed by atoms with van der Waals surface area (Å²) in [6.07, 6.45) is 4.53. The van der Waals surface area contributed by atoms with Crippen molar-refractivity contribution < 1.29 is 4.79 Å². The summed E-state index contributed by atoms with van der Waals surface area (Å²) in [6, 6.07) is 0. The quantitative estimate of drug-likeness (QED) is 0.692. The third kappa shape index (κ3) is 2.24. The number of nitrogens with one attached hydrogen (secondary N) is 1. The molecule has 0 spiro atoms. The molecule has 1 aliphatic carbocycles. The maximum atomic E-state index is 11.6. The molecule has 1 saturated carbocycles. The molecular weight excluding hydrogens is 184 g/mol. The summed E-state index contributed by atoms with van der Waals surface area (Å²) in [5.74, 6) is 1.45. The standard InChI is InChI=1S/C9H14N2OS/c12-8(7-3-1-2-4-7)11-9-10-5-6-13-9/h7H,1-6H2,(H,10,11,12). The highest BCUT2D eigenvalue weighted by atomic mass is 32.2. The van der Waals surface area contributed by atoms with Gasteiger partial charge in [-0.3, -0.25) is 9.79 Å². The van der Waals surface area contributed by atoms with Crippen LogP contribution in [0, 0.1) is 5.92 Å². The van der Waals surface area contributed by atoms with Gasteiger partial charge in [-0.25, -0.2) is 0 Å². The van der Waals surface area contributed by atoms with Crippen molar-refractivity contribution in [1.29, 1.82) is 0 Å². The Kier molecular flexibility index (Phi) is 2.88. The first-order valence-electron chi connectivity index (χ1n) is 4.84. The molecule has 0 aromatic carbocycles. The molecule has 3 nitrogen and oxygen atoms in total. The highest BCUT2D eigenvalue weighted by Gasteiger charge is 2.24. The van der Waals surface area contributed by atoms with Crippen molar-refractivity contribution >= 4 is 22.8 Å². The molecule has 1 amide bonds. The van der Waals surface area contributed by atoms with Crippen molar-refractivity contribution in [3.8, 4) is 0 Å². The number of hydrogen-bond donors (Lipinski definition) is 1. The molecule has 1 heterocycles. The monoisotopic (exact) mass is 198 g/mol. The Morgan fingerprint density at radius 3 is 2.85 bits per heavy atom. The molecule has 4 heteroatoms. The summed E-state index contributed by atoms with van der Waals surface area (Å²) in [6.45, 7) is 0.852. The van der Waals surface area contributed by atoms with Crippen molar-refractivity contribution in [1.82, 2.24) is 5.32 Å². The van der Waals surface area contributed by atoms with Gasteiger partial charge in [0.05, 0.1) is 6.54 Å². The molecule has 0 unspecified atom stereocenters. The van der Waals surface area contributed by atoms with Crippen LogP contribution in [0.15, 0.2) is 4.99 Å². The van der Waals surface area contributed by atoms with Crippen molar-refractivity contribution in [2.45, 2.75) is 25.7 Å². The van der Waals surface area contributed by atoms with E-state index in [4.69, 9.17) is 0 Å². The van der Waals surface area contributed by atoms with Gasteiger partial charge in [0.25, 0.3) is 0 Å². The average molecular weight is 198 g/mol. The maximum Gasteiger partial charge on any atom is 0.229 e. The van der Waals surface area contributed by atoms with Crippen LogP contribution in [0.1, 0.15) is 25.7 Å². The third-order valence-corrected chi connectivity index (χ3v) is 3.43. The summed E-state index contributed by atoms with van der Waals surface area (Å²) >= 11 is 1.65. The topological polar surface area (TPSA) is 41.5 Å². The van der Waals surface area contributed by atoms with Gasteiger partial charge in [0.1, 0.15) is 0 Å². The lowest BCUT2D eigenvalue weighted by atomic mass is 10.1. The Hall–Kier alpha value is -0.510. The summed E-state index contributed by atoms with van der Waals surface area (Å²) in [4.78, 5) is 15.8. The fourth-order valence-corrected chi connectivity index (χ4v) is 2.54. The van der Waals surface area contributed by atoms with E-state index in [9.17, 15) is 4.79 Å². The molecule has 1 N–H and O–H groups in total. The van der Waals surface area contributed by atoms with Gasteiger partial charge in [0.2, 0.25) is 5.91 Å². The van der Waals surface area contributed by atoms with Crippen LogP contribution in [0.5, 0.6) is 0 Å². The number of thioether (sulfide) groups is 1. The van der Waals surface area contributed by atoms with Crippen LogP contribution in [0.25, 0.3) is 0 Å². The van der Waals surface area contributed by atoms with E-state index in [1.807, 2.05) is 0 Å². The highest BCUT2D eigenvalue weighted by Crippen LogP contribution is 2.25. The predicted octanol–water partition coefficient (Wildman–Crippen LogP) is 1.40. The zero-order valence-corrected chi connectivity index (χ0v) is 8.40. The minimum atomic E-state index is 0.186. The van der Waals surface area contributed by atoms with E-state index in [1.165, 1.54) is 12.8 Å². The molecule has 0 bridgehead atoms. The fourth-order valence-electron chi connectivity index (χ4n) is 1.81. The summed E-state index contributed by atoms with van der Waals surface area (Å²) in [5, 5.41) is 3.73. The first kappa shape index (κ1) is 9.06. The number of carbonyl (C=O) groups is 1. The van der Waals surface area contributed by atoms with Gasteiger partial charge in [-0.2, -0.15) is 0 Å². The first-order valence-corrected chi connectivity index (χ1v) is 5.83. The van der Waals surface area contributed by atoms with Crippen LogP contribution in [0.4, 0.5) is 0 Å². The maximum absolute atomic E-state index is 11.6. The summed E-state index contributed by atoms with van der Waals surface area (Å²) in [5.41, 5.74) is 0. The number of amides is 1. The van der Waals surface area contributed by atoms with E-state index < -0.39 is 0 Å². The molecule has 2 rings (SSSR count). The predicted molar refractivity (Wildman–Crippen MR) is 54.9 cm³/mol. The van der Waals surface area contributed by atoms with E-state index in [0.717, 1.165) is 30.3 Å². The molecule has 1 fully saturated rings. The van der Waals surface area contributed by atoms with Gasteiger partial charge in [0.15, 0.2) is 5.17 Å². The Morgan fingerprint density at radius 1 is 1.46 bits per heavy atom. The lowest BCUT2D eigenvalue weighted by Gasteiger charge is -2.08. The van der Waals surface area contributed by atoms with Crippen molar-refractivity contribution in [2.24, 2.45) is 10.9 Å². The third-order valence-electron chi connectivity index (χ3n) is 2.54. The van der Waals surface area contributed by atoms with E-state index >= 15 is 0 Å². The minimum absolute atomic E-state index is 0.186. The van der Waals surface area contributed by atoms with Gasteiger partial charge in [-0.1, -0.05) is 24.6 Å². The Balaban J connectivity index is 1.83. The van der Waals surface area contributed by atoms with Crippen LogP contribution in [-0.2, 0) is 4.79 Å². The molecule has 0 aromatic heterocycles. The number of hydrogen-bond acceptors (Lipinski definition) is 3. The van der Waals surface area contributed by atoms with Gasteiger partial charge >= 0.3 is 0 Å². The zero-order chi connectivity index (χ0) is 9.10. The molecule has 0 radical (unpaired) electrons. The molecule has 0 saturated heterocycles. The normalized spacial score (nSPS) is 23.2. The van der Waals surface area contributed by atoms with Crippen LogP contribution < -0.4 is 5.32 Å². The van der Waals surface area contributed by atoms with Crippen molar-refractivity contribution in [2.75, 3.05) is 12.3 Å². The lowest BCUT2D eigenvalue weighted by Crippen LogP contribution is -2.32. The number of nitrogens with zero attached hydrogens (tertiary/aromatic N) is 1. The van der Waals surface area contributed by atoms with Crippen LogP contribution >= 0.6 is 11.8 Å². The number of rotatable bonds is 1. The molecule has 2 aliphatic rings. The highest BCUT2D eigenvalue weighted by molar-refractivity contribution is 8.14.